The van der Waals surface area contributed by atoms with E-state index < -0.39 is 0 Å². The van der Waals surface area contributed by atoms with Gasteiger partial charge in [-0.2, -0.15) is 0 Å². The molecule has 0 heteroatoms. The van der Waals surface area contributed by atoms with E-state index in [-0.39, 0.29) is 0 Å². The molecule has 0 aliphatic carbocycles. The van der Waals surface area contributed by atoms with Crippen LogP contribution in [-0.4, -0.2) is 0 Å². The summed E-state index contributed by atoms with van der Waals surface area (Å²) in [6.45, 7) is 21.8. The summed E-state index contributed by atoms with van der Waals surface area (Å²) in [7, 11) is 0. The van der Waals surface area contributed by atoms with Crippen LogP contribution in [0, 0.1) is 5.92 Å². The lowest BCUT2D eigenvalue weighted by molar-refractivity contribution is 0.555. The topological polar surface area (TPSA) is 0 Å². The molecule has 0 aromatic heterocycles. The maximum atomic E-state index is 2.30. The van der Waals surface area contributed by atoms with Gasteiger partial charge in [-0.3, -0.25) is 0 Å². The predicted molar refractivity (Wildman–Crippen MR) is 186 cm³/mol. The summed E-state index contributed by atoms with van der Waals surface area (Å²) in [6, 6.07) is 0. The van der Waals surface area contributed by atoms with E-state index in [1.165, 1.54) is 58.3 Å². The Morgan fingerprint density at radius 2 is 0.850 bits per heavy atom. The molecule has 0 N–H and O–H groups in total. The Labute approximate surface area is 249 Å². The van der Waals surface area contributed by atoms with Gasteiger partial charge in [-0.1, -0.05) is 163 Å². The van der Waals surface area contributed by atoms with Gasteiger partial charge < -0.3 is 0 Å². The first-order valence-corrected chi connectivity index (χ1v) is 15.0. The van der Waals surface area contributed by atoms with Crippen LogP contribution in [0.3, 0.4) is 0 Å². The van der Waals surface area contributed by atoms with E-state index in [9.17, 15) is 0 Å². The Hall–Kier alpha value is -3.12. The Kier molecular flexibility index (Phi) is 21.9. The third-order valence-corrected chi connectivity index (χ3v) is 6.19. The molecule has 0 saturated carbocycles. The zero-order chi connectivity index (χ0) is 30.2. The van der Waals surface area contributed by atoms with Crippen LogP contribution in [0.1, 0.15) is 101 Å². The Morgan fingerprint density at radius 3 is 1.25 bits per heavy atom. The fourth-order valence-electron chi connectivity index (χ4n) is 3.61. The Balaban J connectivity index is 4.67. The average Bonchev–Trinajstić information content (AvgIpc) is 2.86. The van der Waals surface area contributed by atoms with Crippen molar-refractivity contribution in [1.29, 1.82) is 0 Å². The zero-order valence-corrected chi connectivity index (χ0v) is 27.4. The molecule has 0 aromatic rings. The van der Waals surface area contributed by atoms with E-state index >= 15 is 0 Å². The van der Waals surface area contributed by atoms with Gasteiger partial charge in [0.1, 0.15) is 0 Å². The molecular formula is C40H58. The SMILES string of the molecule is CC(C)=CCC/C(C)=C/C=C/C(C)=C/C=C/C(C)=C/C=C/C=C(C)/C=C/C=C(C)/C=C/C=C(\C)CCCC(C)C. The summed E-state index contributed by atoms with van der Waals surface area (Å²) in [5.41, 5.74) is 9.18. The summed E-state index contributed by atoms with van der Waals surface area (Å²) in [5, 5.41) is 0. The highest BCUT2D eigenvalue weighted by atomic mass is 14.0. The lowest BCUT2D eigenvalue weighted by atomic mass is 10.0. The minimum Gasteiger partial charge on any atom is -0.0856 e. The minimum absolute atomic E-state index is 0.793. The number of allylic oxidation sites excluding steroid dienone is 24. The molecule has 0 fully saturated rings. The van der Waals surface area contributed by atoms with Crippen LogP contribution >= 0.6 is 0 Å². The largest absolute Gasteiger partial charge is 0.0856 e. The summed E-state index contributed by atoms with van der Waals surface area (Å²) < 4.78 is 0. The van der Waals surface area contributed by atoms with Gasteiger partial charge in [0.25, 0.3) is 0 Å². The van der Waals surface area contributed by atoms with E-state index in [0.29, 0.717) is 0 Å². The summed E-state index contributed by atoms with van der Waals surface area (Å²) in [5.74, 6) is 0.793. The quantitative estimate of drug-likeness (QED) is 0.128. The van der Waals surface area contributed by atoms with Gasteiger partial charge in [0, 0.05) is 0 Å². The molecule has 0 nitrogen and oxygen atoms in total. The van der Waals surface area contributed by atoms with Crippen molar-refractivity contribution < 1.29 is 0 Å². The van der Waals surface area contributed by atoms with Gasteiger partial charge in [0.05, 0.1) is 0 Å². The van der Waals surface area contributed by atoms with Crippen molar-refractivity contribution in [3.8, 4) is 0 Å². The average molecular weight is 539 g/mol. The first-order valence-electron chi connectivity index (χ1n) is 15.0. The van der Waals surface area contributed by atoms with Crippen LogP contribution in [0.5, 0.6) is 0 Å². The summed E-state index contributed by atoms with van der Waals surface area (Å²) >= 11 is 0. The molecule has 0 aromatic carbocycles. The molecule has 0 aliphatic rings. The van der Waals surface area contributed by atoms with Crippen molar-refractivity contribution in [2.24, 2.45) is 5.92 Å². The molecule has 0 atom stereocenters. The molecule has 0 amide bonds. The van der Waals surface area contributed by atoms with Crippen molar-refractivity contribution in [2.45, 2.75) is 101 Å². The first kappa shape index (κ1) is 36.9. The summed E-state index contributed by atoms with van der Waals surface area (Å²) in [4.78, 5) is 0. The van der Waals surface area contributed by atoms with Crippen LogP contribution in [0.2, 0.25) is 0 Å². The Morgan fingerprint density at radius 1 is 0.475 bits per heavy atom. The van der Waals surface area contributed by atoms with E-state index in [4.69, 9.17) is 0 Å². The van der Waals surface area contributed by atoms with Crippen LogP contribution in [-0.2, 0) is 0 Å². The van der Waals surface area contributed by atoms with E-state index in [1.807, 2.05) is 0 Å². The number of hydrogen-bond acceptors (Lipinski definition) is 0. The van der Waals surface area contributed by atoms with E-state index in [0.717, 1.165) is 18.8 Å². The second kappa shape index (κ2) is 23.7. The Bertz CT molecular complexity index is 1080. The van der Waals surface area contributed by atoms with Gasteiger partial charge in [-0.15, -0.1) is 0 Å². The third-order valence-electron chi connectivity index (χ3n) is 6.19. The fraction of sp³-hybridized carbons (Fsp3) is 0.400. The molecule has 0 saturated heterocycles. The van der Waals surface area contributed by atoms with Crippen molar-refractivity contribution in [2.75, 3.05) is 0 Å². The normalized spacial score (nSPS) is 15.4. The molecular weight excluding hydrogens is 480 g/mol. The predicted octanol–water partition coefficient (Wildman–Crippen LogP) is 13.0. The van der Waals surface area contributed by atoms with Crippen LogP contribution in [0.25, 0.3) is 0 Å². The van der Waals surface area contributed by atoms with Crippen LogP contribution < -0.4 is 0 Å². The summed E-state index contributed by atoms with van der Waals surface area (Å²) in [6.07, 6.45) is 42.7. The van der Waals surface area contributed by atoms with Crippen molar-refractivity contribution in [3.63, 3.8) is 0 Å². The lowest BCUT2D eigenvalue weighted by Crippen LogP contribution is -1.87. The van der Waals surface area contributed by atoms with E-state index in [1.54, 1.807) is 0 Å². The molecule has 0 heterocycles. The van der Waals surface area contributed by atoms with Gasteiger partial charge in [0.15, 0.2) is 0 Å². The highest BCUT2D eigenvalue weighted by Crippen LogP contribution is 2.12. The van der Waals surface area contributed by atoms with Crippen LogP contribution in [0.15, 0.2) is 142 Å². The molecule has 0 radical (unpaired) electrons. The second-order valence-electron chi connectivity index (χ2n) is 11.6. The monoisotopic (exact) mass is 538 g/mol. The van der Waals surface area contributed by atoms with Gasteiger partial charge in [0.2, 0.25) is 0 Å². The number of hydrogen-bond donors (Lipinski definition) is 0. The third kappa shape index (κ3) is 25.2. The molecule has 218 valence electrons. The van der Waals surface area contributed by atoms with Crippen molar-refractivity contribution in [3.05, 3.63) is 142 Å². The second-order valence-corrected chi connectivity index (χ2v) is 11.6. The standard InChI is InChI=1S/C40H58/c1-33(2)19-13-23-37(7)27-17-31-39(9)29-15-25-35(5)21-11-12-22-36(6)26-16-30-40(10)32-18-28-38(8)24-14-20-34(3)4/h11-12,15-19,21-22,25-32,34H,13-14,20,23-24H2,1-10H3/b12-11+,25-15+,26-16+,31-17+,32-18+,35-21+,36-22+,37-27+,38-28+,39-29+,40-30+. The molecule has 0 spiro atoms. The van der Waals surface area contributed by atoms with Gasteiger partial charge in [-0.25, -0.2) is 0 Å². The lowest BCUT2D eigenvalue weighted by Gasteiger charge is -2.03. The highest BCUT2D eigenvalue weighted by molar-refractivity contribution is 5.32. The minimum atomic E-state index is 0.793. The molecule has 0 bridgehead atoms. The van der Waals surface area contributed by atoms with Crippen molar-refractivity contribution >= 4 is 0 Å². The highest BCUT2D eigenvalue weighted by Gasteiger charge is 1.94. The first-order chi connectivity index (χ1) is 19.0. The van der Waals surface area contributed by atoms with Crippen molar-refractivity contribution in [1.82, 2.24) is 0 Å². The maximum Gasteiger partial charge on any atom is -0.0285 e. The molecule has 0 rings (SSSR count). The molecule has 0 unspecified atom stereocenters. The van der Waals surface area contributed by atoms with E-state index in [2.05, 4.69) is 173 Å². The molecule has 40 heavy (non-hydrogen) atoms. The molecule has 0 aliphatic heterocycles. The zero-order valence-electron chi connectivity index (χ0n) is 27.4. The smallest absolute Gasteiger partial charge is 0.0285 e. The maximum absolute atomic E-state index is 2.30. The van der Waals surface area contributed by atoms with Gasteiger partial charge in [-0.05, 0) is 87.0 Å². The fourth-order valence-corrected chi connectivity index (χ4v) is 3.61. The van der Waals surface area contributed by atoms with Gasteiger partial charge >= 0.3 is 0 Å². The van der Waals surface area contributed by atoms with Crippen LogP contribution in [0.4, 0.5) is 0 Å². The number of rotatable bonds is 17.